The molecule has 1 saturated heterocycles. The Morgan fingerprint density at radius 1 is 1.32 bits per heavy atom. The highest BCUT2D eigenvalue weighted by atomic mass is 35.5. The highest BCUT2D eigenvalue weighted by molar-refractivity contribution is 7.89. The molecule has 0 bridgehead atoms. The Morgan fingerprint density at radius 3 is 2.50 bits per heavy atom. The first-order valence-corrected chi connectivity index (χ1v) is 9.08. The summed E-state index contributed by atoms with van der Waals surface area (Å²) in [6, 6.07) is 2.71. The molecule has 0 aliphatic carbocycles. The number of hydrogen-bond donors (Lipinski definition) is 1. The summed E-state index contributed by atoms with van der Waals surface area (Å²) < 4.78 is 32.2. The van der Waals surface area contributed by atoms with Gasteiger partial charge in [-0.25, -0.2) is 8.42 Å². The zero-order valence-corrected chi connectivity index (χ0v) is 15.1. The maximum atomic E-state index is 12.9. The van der Waals surface area contributed by atoms with Crippen LogP contribution in [-0.2, 0) is 10.0 Å². The smallest absolute Gasteiger partial charge is 0.244 e. The second-order valence-electron chi connectivity index (χ2n) is 6.14. The van der Waals surface area contributed by atoms with Gasteiger partial charge >= 0.3 is 0 Å². The fraction of sp³-hybridized carbons (Fsp3) is 0.571. The van der Waals surface area contributed by atoms with Crippen molar-refractivity contribution in [3.8, 4) is 5.75 Å². The van der Waals surface area contributed by atoms with Crippen molar-refractivity contribution in [2.24, 2.45) is 11.1 Å². The van der Waals surface area contributed by atoms with Gasteiger partial charge in [-0.1, -0.05) is 37.0 Å². The van der Waals surface area contributed by atoms with Gasteiger partial charge in [0, 0.05) is 25.2 Å². The molecule has 1 fully saturated rings. The Bertz CT molecular complexity index is 677. The number of sulfonamides is 1. The number of methoxy groups -OCH3 is 1. The monoisotopic (exact) mass is 366 g/mol. The Labute approximate surface area is 141 Å². The van der Waals surface area contributed by atoms with Crippen LogP contribution in [0.2, 0.25) is 10.0 Å². The van der Waals surface area contributed by atoms with Crippen molar-refractivity contribution in [3.05, 3.63) is 22.2 Å². The Morgan fingerprint density at radius 2 is 1.95 bits per heavy atom. The van der Waals surface area contributed by atoms with Crippen LogP contribution in [0.15, 0.2) is 17.0 Å². The first-order chi connectivity index (χ1) is 10.1. The summed E-state index contributed by atoms with van der Waals surface area (Å²) in [5.41, 5.74) is 5.77. The van der Waals surface area contributed by atoms with Crippen LogP contribution in [0.4, 0.5) is 0 Å². The van der Waals surface area contributed by atoms with E-state index in [1.807, 2.05) is 13.8 Å². The van der Waals surface area contributed by atoms with Gasteiger partial charge in [0.1, 0.15) is 10.6 Å². The molecule has 0 radical (unpaired) electrons. The van der Waals surface area contributed by atoms with E-state index < -0.39 is 10.0 Å². The highest BCUT2D eigenvalue weighted by Crippen LogP contribution is 2.37. The van der Waals surface area contributed by atoms with Crippen LogP contribution in [0.25, 0.3) is 0 Å². The minimum atomic E-state index is -3.73. The van der Waals surface area contributed by atoms with Crippen molar-refractivity contribution < 1.29 is 13.2 Å². The predicted octanol–water partition coefficient (Wildman–Crippen LogP) is 2.75. The molecule has 1 aliphatic rings. The number of piperidine rings is 1. The number of benzene rings is 1. The lowest BCUT2D eigenvalue weighted by molar-refractivity contribution is 0.155. The standard InChI is InChI=1S/C14H20Cl2N2O3S/c1-14(2)8-18(5-4-13(14)17)22(19,20)12-7-9(15)11(21-3)6-10(12)16/h6-7,13H,4-5,8,17H2,1-3H3. The lowest BCUT2D eigenvalue weighted by atomic mass is 9.81. The molecule has 8 heteroatoms. The van der Waals surface area contributed by atoms with E-state index in [1.54, 1.807) is 0 Å². The van der Waals surface area contributed by atoms with E-state index in [-0.39, 0.29) is 26.4 Å². The van der Waals surface area contributed by atoms with Gasteiger partial charge in [-0.15, -0.1) is 0 Å². The van der Waals surface area contributed by atoms with E-state index in [4.69, 9.17) is 33.7 Å². The van der Waals surface area contributed by atoms with E-state index in [9.17, 15) is 8.42 Å². The number of rotatable bonds is 3. The van der Waals surface area contributed by atoms with Gasteiger partial charge in [0.25, 0.3) is 0 Å². The van der Waals surface area contributed by atoms with Gasteiger partial charge in [0.15, 0.2) is 0 Å². The summed E-state index contributed by atoms with van der Waals surface area (Å²) in [6.07, 6.45) is 0.605. The molecule has 0 saturated carbocycles. The van der Waals surface area contributed by atoms with Crippen LogP contribution < -0.4 is 10.5 Å². The molecule has 22 heavy (non-hydrogen) atoms. The first-order valence-electron chi connectivity index (χ1n) is 6.88. The van der Waals surface area contributed by atoms with Crippen LogP contribution in [0.5, 0.6) is 5.75 Å². The molecule has 1 heterocycles. The molecule has 124 valence electrons. The number of ether oxygens (including phenoxy) is 1. The van der Waals surface area contributed by atoms with E-state index in [0.717, 1.165) is 0 Å². The van der Waals surface area contributed by atoms with E-state index >= 15 is 0 Å². The van der Waals surface area contributed by atoms with Crippen LogP contribution in [-0.4, -0.2) is 39.0 Å². The first kappa shape index (κ1) is 17.8. The molecule has 1 aromatic carbocycles. The molecule has 1 aliphatic heterocycles. The van der Waals surface area contributed by atoms with Gasteiger partial charge in [-0.05, 0) is 17.9 Å². The maximum Gasteiger partial charge on any atom is 0.244 e. The molecule has 0 aromatic heterocycles. The van der Waals surface area contributed by atoms with Gasteiger partial charge < -0.3 is 10.5 Å². The highest BCUT2D eigenvalue weighted by Gasteiger charge is 2.39. The normalized spacial score (nSPS) is 22.5. The molecule has 2 N–H and O–H groups in total. The summed E-state index contributed by atoms with van der Waals surface area (Å²) in [7, 11) is -2.28. The molecule has 5 nitrogen and oxygen atoms in total. The number of nitrogens with zero attached hydrogens (tertiary/aromatic N) is 1. The minimum Gasteiger partial charge on any atom is -0.495 e. The molecular formula is C14H20Cl2N2O3S. The predicted molar refractivity (Wildman–Crippen MR) is 88.1 cm³/mol. The lowest BCUT2D eigenvalue weighted by Gasteiger charge is -2.41. The van der Waals surface area contributed by atoms with Crippen molar-refractivity contribution in [1.82, 2.24) is 4.31 Å². The molecular weight excluding hydrogens is 347 g/mol. The topological polar surface area (TPSA) is 72.6 Å². The third-order valence-electron chi connectivity index (χ3n) is 4.10. The zero-order valence-electron chi connectivity index (χ0n) is 12.8. The minimum absolute atomic E-state index is 0.00811. The fourth-order valence-corrected chi connectivity index (χ4v) is 4.98. The summed E-state index contributed by atoms with van der Waals surface area (Å²) in [4.78, 5) is -0.00811. The number of nitrogens with two attached hydrogens (primary N) is 1. The summed E-state index contributed by atoms with van der Waals surface area (Å²) >= 11 is 12.2. The number of halogens is 2. The quantitative estimate of drug-likeness (QED) is 0.892. The Balaban J connectivity index is 2.41. The second-order valence-corrected chi connectivity index (χ2v) is 8.86. The van der Waals surface area contributed by atoms with Gasteiger partial charge in [0.2, 0.25) is 10.0 Å². The fourth-order valence-electron chi connectivity index (χ4n) is 2.53. The molecule has 0 amide bonds. The molecule has 1 aromatic rings. The third kappa shape index (κ3) is 3.21. The lowest BCUT2D eigenvalue weighted by Crippen LogP contribution is -2.53. The average molecular weight is 367 g/mol. The van der Waals surface area contributed by atoms with Crippen molar-refractivity contribution >= 4 is 33.2 Å². The number of hydrogen-bond acceptors (Lipinski definition) is 4. The van der Waals surface area contributed by atoms with E-state index in [0.29, 0.717) is 25.3 Å². The Hall–Kier alpha value is -0.530. The molecule has 1 unspecified atom stereocenters. The van der Waals surface area contributed by atoms with E-state index in [2.05, 4.69) is 0 Å². The zero-order chi connectivity index (χ0) is 16.7. The van der Waals surface area contributed by atoms with Gasteiger partial charge in [-0.3, -0.25) is 0 Å². The Kier molecular flexibility index (Phi) is 5.00. The molecule has 1 atom stereocenters. The second kappa shape index (κ2) is 6.17. The summed E-state index contributed by atoms with van der Waals surface area (Å²) in [5.74, 6) is 0.339. The van der Waals surface area contributed by atoms with Crippen LogP contribution in [0, 0.1) is 5.41 Å². The van der Waals surface area contributed by atoms with Crippen LogP contribution >= 0.6 is 23.2 Å². The SMILES string of the molecule is COc1cc(Cl)c(S(=O)(=O)N2CCC(N)C(C)(C)C2)cc1Cl. The average Bonchev–Trinajstić information content (AvgIpc) is 2.43. The van der Waals surface area contributed by atoms with Crippen LogP contribution in [0.1, 0.15) is 20.3 Å². The van der Waals surface area contributed by atoms with Crippen molar-refractivity contribution in [2.75, 3.05) is 20.2 Å². The van der Waals surface area contributed by atoms with Crippen molar-refractivity contribution in [1.29, 1.82) is 0 Å². The van der Waals surface area contributed by atoms with Crippen LogP contribution in [0.3, 0.4) is 0 Å². The van der Waals surface area contributed by atoms with Gasteiger partial charge in [0.05, 0.1) is 17.2 Å². The summed E-state index contributed by atoms with van der Waals surface area (Å²) in [5, 5.41) is 0.298. The van der Waals surface area contributed by atoms with Crippen molar-refractivity contribution in [3.63, 3.8) is 0 Å². The largest absolute Gasteiger partial charge is 0.495 e. The molecule has 0 spiro atoms. The van der Waals surface area contributed by atoms with Crippen molar-refractivity contribution in [2.45, 2.75) is 31.2 Å². The third-order valence-corrected chi connectivity index (χ3v) is 6.71. The van der Waals surface area contributed by atoms with Gasteiger partial charge in [-0.2, -0.15) is 4.31 Å². The molecule has 2 rings (SSSR count). The van der Waals surface area contributed by atoms with E-state index in [1.165, 1.54) is 23.5 Å². The summed E-state index contributed by atoms with van der Waals surface area (Å²) in [6.45, 7) is 4.63. The maximum absolute atomic E-state index is 12.9.